The molecule has 0 atom stereocenters. The number of thiazole rings is 1. The van der Waals surface area contributed by atoms with E-state index in [9.17, 15) is 4.79 Å². The molecule has 4 heteroatoms. The van der Waals surface area contributed by atoms with E-state index in [4.69, 9.17) is 4.74 Å². The Bertz CT molecular complexity index is 516. The van der Waals surface area contributed by atoms with Gasteiger partial charge in [0.25, 0.3) is 0 Å². The molecule has 1 aromatic carbocycles. The van der Waals surface area contributed by atoms with Crippen LogP contribution in [0.1, 0.15) is 28.0 Å². The zero-order valence-corrected chi connectivity index (χ0v) is 10.6. The van der Waals surface area contributed by atoms with Gasteiger partial charge in [-0.15, -0.1) is 11.3 Å². The Labute approximate surface area is 104 Å². The van der Waals surface area contributed by atoms with Gasteiger partial charge >= 0.3 is 0 Å². The Morgan fingerprint density at radius 2 is 2.06 bits per heavy atom. The SMILES string of the molecule is CC(=O)c1ccc(OCc2nc(C)cs2)cc1. The summed E-state index contributed by atoms with van der Waals surface area (Å²) < 4.78 is 5.58. The van der Waals surface area contributed by atoms with Crippen molar-refractivity contribution in [3.8, 4) is 5.75 Å². The average molecular weight is 247 g/mol. The summed E-state index contributed by atoms with van der Waals surface area (Å²) >= 11 is 1.59. The molecule has 0 radical (unpaired) electrons. The van der Waals surface area contributed by atoms with Crippen LogP contribution in [0.25, 0.3) is 0 Å². The van der Waals surface area contributed by atoms with Gasteiger partial charge in [-0.25, -0.2) is 4.98 Å². The number of hydrogen-bond donors (Lipinski definition) is 0. The third kappa shape index (κ3) is 3.14. The molecule has 0 aliphatic heterocycles. The van der Waals surface area contributed by atoms with E-state index < -0.39 is 0 Å². The molecule has 17 heavy (non-hydrogen) atoms. The largest absolute Gasteiger partial charge is 0.486 e. The fourth-order valence-electron chi connectivity index (χ4n) is 1.40. The van der Waals surface area contributed by atoms with Crippen molar-refractivity contribution in [3.05, 3.63) is 45.9 Å². The molecule has 3 nitrogen and oxygen atoms in total. The minimum absolute atomic E-state index is 0.0621. The van der Waals surface area contributed by atoms with E-state index in [-0.39, 0.29) is 5.78 Å². The maximum Gasteiger partial charge on any atom is 0.159 e. The Hall–Kier alpha value is -1.68. The van der Waals surface area contributed by atoms with Crippen LogP contribution in [0.5, 0.6) is 5.75 Å². The third-order valence-corrected chi connectivity index (χ3v) is 3.23. The number of hydrogen-bond acceptors (Lipinski definition) is 4. The number of carbonyl (C=O) groups is 1. The van der Waals surface area contributed by atoms with Gasteiger partial charge in [0.2, 0.25) is 0 Å². The van der Waals surface area contributed by atoms with Crippen molar-refractivity contribution in [3.63, 3.8) is 0 Å². The summed E-state index contributed by atoms with van der Waals surface area (Å²) in [6, 6.07) is 7.14. The van der Waals surface area contributed by atoms with Crippen LogP contribution in [0.3, 0.4) is 0 Å². The molecule has 0 amide bonds. The van der Waals surface area contributed by atoms with Crippen molar-refractivity contribution in [2.75, 3.05) is 0 Å². The molecule has 0 saturated heterocycles. The maximum absolute atomic E-state index is 11.1. The highest BCUT2D eigenvalue weighted by molar-refractivity contribution is 7.09. The van der Waals surface area contributed by atoms with Crippen LogP contribution in [-0.2, 0) is 6.61 Å². The summed E-state index contributed by atoms with van der Waals surface area (Å²) in [5, 5.41) is 2.95. The quantitative estimate of drug-likeness (QED) is 0.779. The van der Waals surface area contributed by atoms with Gasteiger partial charge < -0.3 is 4.74 Å². The summed E-state index contributed by atoms with van der Waals surface area (Å²) in [6.45, 7) is 3.98. The van der Waals surface area contributed by atoms with Gasteiger partial charge in [0.05, 0.1) is 0 Å². The standard InChI is InChI=1S/C13H13NO2S/c1-9-8-17-13(14-9)7-16-12-5-3-11(4-6-12)10(2)15/h3-6,8H,7H2,1-2H3. The van der Waals surface area contributed by atoms with Crippen LogP contribution in [0.15, 0.2) is 29.6 Å². The van der Waals surface area contributed by atoms with Crippen LogP contribution < -0.4 is 4.74 Å². The van der Waals surface area contributed by atoms with Gasteiger partial charge in [0.15, 0.2) is 5.78 Å². The zero-order chi connectivity index (χ0) is 12.3. The summed E-state index contributed by atoms with van der Waals surface area (Å²) in [6.07, 6.45) is 0. The predicted octanol–water partition coefficient (Wildman–Crippen LogP) is 3.23. The smallest absolute Gasteiger partial charge is 0.159 e. The third-order valence-electron chi connectivity index (χ3n) is 2.29. The van der Waals surface area contributed by atoms with Gasteiger partial charge in [-0.05, 0) is 38.1 Å². The molecule has 0 N–H and O–H groups in total. The summed E-state index contributed by atoms with van der Waals surface area (Å²) in [4.78, 5) is 15.4. The highest BCUT2D eigenvalue weighted by atomic mass is 32.1. The van der Waals surface area contributed by atoms with Crippen LogP contribution in [0.2, 0.25) is 0 Å². The average Bonchev–Trinajstić information content (AvgIpc) is 2.73. The lowest BCUT2D eigenvalue weighted by atomic mass is 10.1. The second-order valence-corrected chi connectivity index (χ2v) is 4.69. The van der Waals surface area contributed by atoms with Crippen LogP contribution in [-0.4, -0.2) is 10.8 Å². The van der Waals surface area contributed by atoms with Crippen molar-refractivity contribution in [2.45, 2.75) is 20.5 Å². The van der Waals surface area contributed by atoms with Gasteiger partial charge in [0.1, 0.15) is 17.4 Å². The van der Waals surface area contributed by atoms with E-state index in [1.807, 2.05) is 12.3 Å². The van der Waals surface area contributed by atoms with Gasteiger partial charge in [-0.1, -0.05) is 0 Å². The first kappa shape index (κ1) is 11.8. The topological polar surface area (TPSA) is 39.2 Å². The number of nitrogens with zero attached hydrogens (tertiary/aromatic N) is 1. The molecular weight excluding hydrogens is 234 g/mol. The van der Waals surface area contributed by atoms with Crippen LogP contribution in [0, 0.1) is 6.92 Å². The molecule has 88 valence electrons. The summed E-state index contributed by atoms with van der Waals surface area (Å²) in [5.74, 6) is 0.815. The maximum atomic E-state index is 11.1. The van der Waals surface area contributed by atoms with Gasteiger partial charge in [0, 0.05) is 16.6 Å². The second kappa shape index (κ2) is 5.10. The highest BCUT2D eigenvalue weighted by Gasteiger charge is 2.02. The molecule has 0 fully saturated rings. The van der Waals surface area contributed by atoms with E-state index in [0.29, 0.717) is 12.2 Å². The van der Waals surface area contributed by atoms with E-state index >= 15 is 0 Å². The monoisotopic (exact) mass is 247 g/mol. The van der Waals surface area contributed by atoms with E-state index in [1.54, 1.807) is 42.5 Å². The van der Waals surface area contributed by atoms with Crippen molar-refractivity contribution < 1.29 is 9.53 Å². The normalized spacial score (nSPS) is 10.2. The van der Waals surface area contributed by atoms with Gasteiger partial charge in [-0.2, -0.15) is 0 Å². The summed E-state index contributed by atoms with van der Waals surface area (Å²) in [7, 11) is 0. The molecule has 0 aliphatic rings. The Balaban J connectivity index is 1.97. The molecule has 2 aromatic rings. The number of ether oxygens (including phenoxy) is 1. The van der Waals surface area contributed by atoms with E-state index in [0.717, 1.165) is 16.5 Å². The fourth-order valence-corrected chi connectivity index (χ4v) is 2.08. The number of aromatic nitrogens is 1. The first-order valence-electron chi connectivity index (χ1n) is 5.30. The van der Waals surface area contributed by atoms with Crippen LogP contribution in [0.4, 0.5) is 0 Å². The molecule has 2 rings (SSSR count). The predicted molar refractivity (Wildman–Crippen MR) is 67.6 cm³/mol. The van der Waals surface area contributed by atoms with E-state index in [1.165, 1.54) is 0 Å². The molecule has 1 heterocycles. The van der Waals surface area contributed by atoms with Crippen LogP contribution >= 0.6 is 11.3 Å². The van der Waals surface area contributed by atoms with Crippen molar-refractivity contribution in [2.24, 2.45) is 0 Å². The molecule has 0 unspecified atom stereocenters. The molecule has 0 saturated carbocycles. The lowest BCUT2D eigenvalue weighted by Crippen LogP contribution is -1.96. The minimum atomic E-state index is 0.0621. The van der Waals surface area contributed by atoms with Gasteiger partial charge in [-0.3, -0.25) is 4.79 Å². The minimum Gasteiger partial charge on any atom is -0.486 e. The van der Waals surface area contributed by atoms with Crippen molar-refractivity contribution in [1.82, 2.24) is 4.98 Å². The molecule has 0 bridgehead atoms. The zero-order valence-electron chi connectivity index (χ0n) is 9.77. The fraction of sp³-hybridized carbons (Fsp3) is 0.231. The Kier molecular flexibility index (Phi) is 3.54. The number of aryl methyl sites for hydroxylation is 1. The molecule has 0 aliphatic carbocycles. The second-order valence-electron chi connectivity index (χ2n) is 3.75. The number of Topliss-reactive ketones (excluding diaryl/α,β-unsaturated/α-hetero) is 1. The van der Waals surface area contributed by atoms with Crippen molar-refractivity contribution in [1.29, 1.82) is 0 Å². The molecular formula is C13H13NO2S. The number of benzene rings is 1. The number of carbonyl (C=O) groups excluding carboxylic acids is 1. The molecule has 1 aromatic heterocycles. The number of ketones is 1. The Morgan fingerprint density at radius 3 is 2.59 bits per heavy atom. The lowest BCUT2D eigenvalue weighted by molar-refractivity contribution is 0.101. The van der Waals surface area contributed by atoms with E-state index in [2.05, 4.69) is 4.98 Å². The van der Waals surface area contributed by atoms with Crippen molar-refractivity contribution >= 4 is 17.1 Å². The Morgan fingerprint density at radius 1 is 1.35 bits per heavy atom. The molecule has 0 spiro atoms. The first-order valence-corrected chi connectivity index (χ1v) is 6.18. The highest BCUT2D eigenvalue weighted by Crippen LogP contribution is 2.16. The first-order chi connectivity index (χ1) is 8.15. The lowest BCUT2D eigenvalue weighted by Gasteiger charge is -2.04. The summed E-state index contributed by atoms with van der Waals surface area (Å²) in [5.41, 5.74) is 1.71. The number of rotatable bonds is 4.